The van der Waals surface area contributed by atoms with Crippen LogP contribution in [0.4, 0.5) is 23.7 Å². The molecule has 2 amide bonds. The van der Waals surface area contributed by atoms with Crippen LogP contribution in [0.3, 0.4) is 0 Å². The predicted molar refractivity (Wildman–Crippen MR) is 67.9 cm³/mol. The molecule has 0 saturated heterocycles. The molecule has 1 rings (SSSR count). The maximum absolute atomic E-state index is 12.3. The maximum atomic E-state index is 12.3. The van der Waals surface area contributed by atoms with Crippen LogP contribution < -0.4 is 10.6 Å². The van der Waals surface area contributed by atoms with Crippen molar-refractivity contribution in [2.24, 2.45) is 5.92 Å². The lowest BCUT2D eigenvalue weighted by molar-refractivity contribution is -0.137. The lowest BCUT2D eigenvalue weighted by Gasteiger charge is -2.18. The molecule has 0 aliphatic rings. The summed E-state index contributed by atoms with van der Waals surface area (Å²) in [7, 11) is 0. The second-order valence-electron chi connectivity index (χ2n) is 4.71. The third kappa shape index (κ3) is 4.81. The zero-order valence-corrected chi connectivity index (χ0v) is 11.0. The van der Waals surface area contributed by atoms with E-state index in [9.17, 15) is 18.0 Å². The number of urea groups is 1. The van der Waals surface area contributed by atoms with E-state index < -0.39 is 17.8 Å². The molecule has 0 heterocycles. The van der Waals surface area contributed by atoms with E-state index in [4.69, 9.17) is 0 Å². The minimum atomic E-state index is -4.37. The van der Waals surface area contributed by atoms with Crippen LogP contribution in [-0.4, -0.2) is 12.1 Å². The maximum Gasteiger partial charge on any atom is 0.416 e. The number of halogens is 3. The lowest BCUT2D eigenvalue weighted by atomic mass is 10.1. The summed E-state index contributed by atoms with van der Waals surface area (Å²) >= 11 is 0. The number of anilines is 1. The second-order valence-corrected chi connectivity index (χ2v) is 4.71. The minimum absolute atomic E-state index is 0.0190. The molecule has 0 aromatic heterocycles. The first kappa shape index (κ1) is 15.3. The van der Waals surface area contributed by atoms with Crippen molar-refractivity contribution in [3.05, 3.63) is 29.8 Å². The fourth-order valence-electron chi connectivity index (χ4n) is 1.28. The molecule has 1 aromatic carbocycles. The standard InChI is InChI=1S/C13H17F3N2O/c1-8(2)9(3)17-12(19)18-11-6-4-10(5-7-11)13(14,15)16/h4-9H,1-3H3,(H2,17,18,19)/t9-/m1/s1. The summed E-state index contributed by atoms with van der Waals surface area (Å²) in [5.74, 6) is 0.276. The monoisotopic (exact) mass is 274 g/mol. The Bertz CT molecular complexity index is 427. The molecule has 0 unspecified atom stereocenters. The number of hydrogen-bond donors (Lipinski definition) is 2. The summed E-state index contributed by atoms with van der Waals surface area (Å²) in [5, 5.41) is 5.19. The molecule has 1 aromatic rings. The Labute approximate surface area is 110 Å². The Morgan fingerprint density at radius 2 is 1.63 bits per heavy atom. The van der Waals surface area contributed by atoms with E-state index in [0.717, 1.165) is 12.1 Å². The molecular formula is C13H17F3N2O. The molecule has 0 spiro atoms. The highest BCUT2D eigenvalue weighted by Crippen LogP contribution is 2.29. The van der Waals surface area contributed by atoms with Gasteiger partial charge in [-0.1, -0.05) is 13.8 Å². The number of carbonyl (C=O) groups is 1. The van der Waals surface area contributed by atoms with Crippen molar-refractivity contribution in [1.82, 2.24) is 5.32 Å². The Kier molecular flexibility index (Phi) is 4.80. The van der Waals surface area contributed by atoms with Gasteiger partial charge in [0.2, 0.25) is 0 Å². The van der Waals surface area contributed by atoms with Gasteiger partial charge in [-0.05, 0) is 37.1 Å². The van der Waals surface area contributed by atoms with Gasteiger partial charge in [0.05, 0.1) is 5.56 Å². The summed E-state index contributed by atoms with van der Waals surface area (Å²) < 4.78 is 37.0. The van der Waals surface area contributed by atoms with E-state index in [2.05, 4.69) is 10.6 Å². The van der Waals surface area contributed by atoms with Gasteiger partial charge in [-0.3, -0.25) is 0 Å². The fourth-order valence-corrected chi connectivity index (χ4v) is 1.28. The minimum Gasteiger partial charge on any atom is -0.335 e. The Hall–Kier alpha value is -1.72. The molecule has 3 nitrogen and oxygen atoms in total. The Morgan fingerprint density at radius 1 is 1.11 bits per heavy atom. The van der Waals surface area contributed by atoms with Gasteiger partial charge in [-0.2, -0.15) is 13.2 Å². The van der Waals surface area contributed by atoms with Crippen molar-refractivity contribution in [3.63, 3.8) is 0 Å². The summed E-state index contributed by atoms with van der Waals surface area (Å²) in [4.78, 5) is 11.6. The zero-order chi connectivity index (χ0) is 14.6. The SMILES string of the molecule is CC(C)[C@@H](C)NC(=O)Nc1ccc(C(F)(F)F)cc1. The van der Waals surface area contributed by atoms with Crippen LogP contribution in [0.5, 0.6) is 0 Å². The fraction of sp³-hybridized carbons (Fsp3) is 0.462. The van der Waals surface area contributed by atoms with Gasteiger partial charge in [-0.15, -0.1) is 0 Å². The van der Waals surface area contributed by atoms with Crippen LogP contribution in [0.2, 0.25) is 0 Å². The van der Waals surface area contributed by atoms with Gasteiger partial charge in [0.15, 0.2) is 0 Å². The number of hydrogen-bond acceptors (Lipinski definition) is 1. The van der Waals surface area contributed by atoms with Crippen LogP contribution >= 0.6 is 0 Å². The van der Waals surface area contributed by atoms with Crippen molar-refractivity contribution in [2.45, 2.75) is 33.0 Å². The number of carbonyl (C=O) groups excluding carboxylic acids is 1. The van der Waals surface area contributed by atoms with Gasteiger partial charge in [-0.25, -0.2) is 4.79 Å². The van der Waals surface area contributed by atoms with Gasteiger partial charge >= 0.3 is 12.2 Å². The van der Waals surface area contributed by atoms with E-state index in [1.54, 1.807) is 0 Å². The third-order valence-electron chi connectivity index (χ3n) is 2.83. The molecule has 6 heteroatoms. The topological polar surface area (TPSA) is 41.1 Å². The number of alkyl halides is 3. The van der Waals surface area contributed by atoms with Crippen LogP contribution in [-0.2, 0) is 6.18 Å². The molecule has 0 aliphatic heterocycles. The Morgan fingerprint density at radius 3 is 2.05 bits per heavy atom. The van der Waals surface area contributed by atoms with E-state index in [0.29, 0.717) is 5.69 Å². The second kappa shape index (κ2) is 5.95. The summed E-state index contributed by atoms with van der Waals surface area (Å²) in [6.45, 7) is 5.78. The van der Waals surface area contributed by atoms with Crippen molar-refractivity contribution in [2.75, 3.05) is 5.32 Å². The number of amides is 2. The number of rotatable bonds is 3. The molecule has 106 valence electrons. The highest BCUT2D eigenvalue weighted by molar-refractivity contribution is 5.89. The van der Waals surface area contributed by atoms with Crippen molar-refractivity contribution in [1.29, 1.82) is 0 Å². The van der Waals surface area contributed by atoms with Crippen molar-refractivity contribution in [3.8, 4) is 0 Å². The van der Waals surface area contributed by atoms with Crippen LogP contribution in [0.15, 0.2) is 24.3 Å². The van der Waals surface area contributed by atoms with Crippen molar-refractivity contribution < 1.29 is 18.0 Å². The lowest BCUT2D eigenvalue weighted by Crippen LogP contribution is -2.38. The largest absolute Gasteiger partial charge is 0.416 e. The third-order valence-corrected chi connectivity index (χ3v) is 2.83. The first-order chi connectivity index (χ1) is 8.70. The van der Waals surface area contributed by atoms with Gasteiger partial charge in [0, 0.05) is 11.7 Å². The molecular weight excluding hydrogens is 257 g/mol. The molecule has 0 aliphatic carbocycles. The molecule has 0 saturated carbocycles. The van der Waals surface area contributed by atoms with Crippen LogP contribution in [0, 0.1) is 5.92 Å². The normalized spacial score (nSPS) is 13.2. The van der Waals surface area contributed by atoms with E-state index in [1.165, 1.54) is 12.1 Å². The predicted octanol–water partition coefficient (Wildman–Crippen LogP) is 3.87. The Balaban J connectivity index is 2.61. The van der Waals surface area contributed by atoms with Crippen LogP contribution in [0.1, 0.15) is 26.3 Å². The molecule has 0 fully saturated rings. The summed E-state index contributed by atoms with van der Waals surface area (Å²) in [5.41, 5.74) is -0.421. The van der Waals surface area contributed by atoms with Crippen molar-refractivity contribution >= 4 is 11.7 Å². The van der Waals surface area contributed by atoms with E-state index >= 15 is 0 Å². The molecule has 2 N–H and O–H groups in total. The van der Waals surface area contributed by atoms with E-state index in [-0.39, 0.29) is 12.0 Å². The first-order valence-corrected chi connectivity index (χ1v) is 5.95. The van der Waals surface area contributed by atoms with Gasteiger partial charge < -0.3 is 10.6 Å². The quantitative estimate of drug-likeness (QED) is 0.863. The molecule has 19 heavy (non-hydrogen) atoms. The van der Waals surface area contributed by atoms with E-state index in [1.807, 2.05) is 20.8 Å². The first-order valence-electron chi connectivity index (χ1n) is 5.95. The molecule has 1 atom stereocenters. The highest BCUT2D eigenvalue weighted by atomic mass is 19.4. The van der Waals surface area contributed by atoms with Gasteiger partial charge in [0.1, 0.15) is 0 Å². The summed E-state index contributed by atoms with van der Waals surface area (Å²) in [6.07, 6.45) is -4.37. The number of benzene rings is 1. The average molecular weight is 274 g/mol. The number of nitrogens with one attached hydrogen (secondary N) is 2. The van der Waals surface area contributed by atoms with Crippen LogP contribution in [0.25, 0.3) is 0 Å². The molecule has 0 bridgehead atoms. The molecule has 0 radical (unpaired) electrons. The highest BCUT2D eigenvalue weighted by Gasteiger charge is 2.29. The van der Waals surface area contributed by atoms with Gasteiger partial charge in [0.25, 0.3) is 0 Å². The smallest absolute Gasteiger partial charge is 0.335 e. The average Bonchev–Trinajstić information content (AvgIpc) is 2.28. The zero-order valence-electron chi connectivity index (χ0n) is 11.0. The summed E-state index contributed by atoms with van der Waals surface area (Å²) in [6, 6.07) is 3.86.